The van der Waals surface area contributed by atoms with E-state index in [1.807, 2.05) is 0 Å². The highest BCUT2D eigenvalue weighted by Gasteiger charge is 2.63. The van der Waals surface area contributed by atoms with Crippen LogP contribution in [0.2, 0.25) is 5.02 Å². The summed E-state index contributed by atoms with van der Waals surface area (Å²) in [6.45, 7) is 3.38. The molecule has 0 amide bonds. The third-order valence-corrected chi connectivity index (χ3v) is 5.04. The Morgan fingerprint density at radius 1 is 1.32 bits per heavy atom. The second kappa shape index (κ2) is 6.18. The molecule has 9 heteroatoms. The average Bonchev–Trinajstić information content (AvgIpc) is 2.81. The second-order valence-corrected chi connectivity index (χ2v) is 7.82. The molecule has 4 nitrogen and oxygen atoms in total. The molecule has 0 N–H and O–H groups in total. The fourth-order valence-corrected chi connectivity index (χ4v) is 3.49. The van der Waals surface area contributed by atoms with Crippen molar-refractivity contribution < 1.29 is 27.8 Å². The first-order valence-corrected chi connectivity index (χ1v) is 8.40. The van der Waals surface area contributed by atoms with Gasteiger partial charge in [0.2, 0.25) is 6.79 Å². The molecule has 1 fully saturated rings. The van der Waals surface area contributed by atoms with Crippen molar-refractivity contribution in [3.05, 3.63) is 33.3 Å². The molecule has 2 unspecified atom stereocenters. The minimum absolute atomic E-state index is 0.0287. The summed E-state index contributed by atoms with van der Waals surface area (Å²) >= 11 is 17.1. The van der Waals surface area contributed by atoms with Crippen LogP contribution in [0.3, 0.4) is 0 Å². The Labute approximate surface area is 157 Å². The van der Waals surface area contributed by atoms with E-state index in [4.69, 9.17) is 44.3 Å². The van der Waals surface area contributed by atoms with Gasteiger partial charge in [0.25, 0.3) is 0 Å². The van der Waals surface area contributed by atoms with E-state index < -0.39 is 29.0 Å². The summed E-state index contributed by atoms with van der Waals surface area (Å²) in [7, 11) is 0. The van der Waals surface area contributed by atoms with Gasteiger partial charge in [0, 0.05) is 6.07 Å². The quantitative estimate of drug-likeness (QED) is 0.632. The van der Waals surface area contributed by atoms with Crippen LogP contribution in [0.15, 0.2) is 22.7 Å². The van der Waals surface area contributed by atoms with Crippen molar-refractivity contribution in [3.63, 3.8) is 0 Å². The molecule has 1 heterocycles. The fourth-order valence-electron chi connectivity index (χ4n) is 2.96. The molecule has 1 aliphatic carbocycles. The highest BCUT2D eigenvalue weighted by atomic mass is 35.5. The number of carbonyl (C=O) groups excluding carboxylic acids is 1. The summed E-state index contributed by atoms with van der Waals surface area (Å²) in [4.78, 5) is 12.2. The van der Waals surface area contributed by atoms with E-state index in [0.717, 1.165) is 6.07 Å². The SMILES string of the molecule is CC1(C)C(C=C(Cl)Cl)C1C(=O)OC(F)(F)c1cc2c(cc1Cl)OCO2. The molecule has 0 aromatic heterocycles. The zero-order valence-electron chi connectivity index (χ0n) is 13.1. The molecule has 0 spiro atoms. The van der Waals surface area contributed by atoms with Gasteiger partial charge in [-0.3, -0.25) is 4.79 Å². The number of carbonyl (C=O) groups is 1. The summed E-state index contributed by atoms with van der Waals surface area (Å²) in [5.74, 6) is -1.86. The number of esters is 1. The maximum Gasteiger partial charge on any atom is 0.430 e. The van der Waals surface area contributed by atoms with Crippen molar-refractivity contribution in [2.75, 3.05) is 6.79 Å². The van der Waals surface area contributed by atoms with Crippen molar-refractivity contribution in [3.8, 4) is 11.5 Å². The van der Waals surface area contributed by atoms with Crippen LogP contribution in [0.5, 0.6) is 11.5 Å². The van der Waals surface area contributed by atoms with Crippen molar-refractivity contribution in [1.82, 2.24) is 0 Å². The van der Waals surface area contributed by atoms with Crippen molar-refractivity contribution in [2.24, 2.45) is 17.3 Å². The smallest absolute Gasteiger partial charge is 0.430 e. The van der Waals surface area contributed by atoms with Crippen LogP contribution in [-0.4, -0.2) is 12.8 Å². The maximum atomic E-state index is 14.5. The van der Waals surface area contributed by atoms with E-state index in [9.17, 15) is 13.6 Å². The third-order valence-electron chi connectivity index (χ3n) is 4.47. The molecule has 1 aromatic rings. The van der Waals surface area contributed by atoms with Gasteiger partial charge < -0.3 is 14.2 Å². The number of hydrogen-bond donors (Lipinski definition) is 0. The second-order valence-electron chi connectivity index (χ2n) is 6.40. The number of benzene rings is 1. The molecule has 2 atom stereocenters. The summed E-state index contributed by atoms with van der Waals surface area (Å²) < 4.78 is 43.5. The lowest BCUT2D eigenvalue weighted by molar-refractivity contribution is -0.242. The number of allylic oxidation sites excluding steroid dienone is 1. The molecule has 1 aromatic carbocycles. The van der Waals surface area contributed by atoms with E-state index in [-0.39, 0.29) is 33.7 Å². The molecule has 136 valence electrons. The monoisotopic (exact) mass is 412 g/mol. The van der Waals surface area contributed by atoms with Crippen LogP contribution < -0.4 is 9.47 Å². The molecule has 0 radical (unpaired) electrons. The Bertz CT molecular complexity index is 760. The standard InChI is InChI=1S/C16H13Cl3F2O4/c1-15(2)8(4-12(18)19)13(15)14(22)25-16(20,21)7-3-10-11(5-9(7)17)24-6-23-10/h3-5,8,13H,6H2,1-2H3. The normalized spacial score (nSPS) is 23.2. The zero-order valence-corrected chi connectivity index (χ0v) is 15.4. The van der Waals surface area contributed by atoms with E-state index in [2.05, 4.69) is 4.74 Å². The number of hydrogen-bond acceptors (Lipinski definition) is 4. The number of fused-ring (bicyclic) bond motifs is 1. The summed E-state index contributed by atoms with van der Waals surface area (Å²) in [6, 6.07) is 2.20. The van der Waals surface area contributed by atoms with Gasteiger partial charge in [-0.15, -0.1) is 0 Å². The molecule has 1 aliphatic heterocycles. The van der Waals surface area contributed by atoms with Gasteiger partial charge in [-0.1, -0.05) is 48.7 Å². The molecule has 2 aliphatic rings. The van der Waals surface area contributed by atoms with Crippen molar-refractivity contribution in [2.45, 2.75) is 20.0 Å². The Morgan fingerprint density at radius 2 is 1.92 bits per heavy atom. The van der Waals surface area contributed by atoms with Crippen molar-refractivity contribution in [1.29, 1.82) is 0 Å². The summed E-state index contributed by atoms with van der Waals surface area (Å²) in [5, 5.41) is -0.294. The number of halogens is 5. The zero-order chi connectivity index (χ0) is 18.6. The first-order valence-electron chi connectivity index (χ1n) is 7.27. The van der Waals surface area contributed by atoms with Crippen LogP contribution in [0.25, 0.3) is 0 Å². The van der Waals surface area contributed by atoms with Crippen LogP contribution in [0.1, 0.15) is 19.4 Å². The molecule has 25 heavy (non-hydrogen) atoms. The average molecular weight is 414 g/mol. The molecule has 0 saturated heterocycles. The largest absolute Gasteiger partial charge is 0.454 e. The lowest BCUT2D eigenvalue weighted by Crippen LogP contribution is -2.25. The summed E-state index contributed by atoms with van der Waals surface area (Å²) in [6.07, 6.45) is -2.48. The molecular weight excluding hydrogens is 401 g/mol. The van der Waals surface area contributed by atoms with Crippen LogP contribution in [0.4, 0.5) is 8.78 Å². The first kappa shape index (κ1) is 18.5. The van der Waals surface area contributed by atoms with Gasteiger partial charge in [-0.05, 0) is 23.5 Å². The third kappa shape index (κ3) is 3.39. The molecule has 1 saturated carbocycles. The van der Waals surface area contributed by atoms with Crippen LogP contribution in [0, 0.1) is 17.3 Å². The number of alkyl halides is 2. The first-order chi connectivity index (χ1) is 11.5. The lowest BCUT2D eigenvalue weighted by atomic mass is 10.1. The Morgan fingerprint density at radius 3 is 2.52 bits per heavy atom. The Hall–Kier alpha value is -1.24. The topological polar surface area (TPSA) is 44.8 Å². The minimum atomic E-state index is -3.92. The maximum absolute atomic E-state index is 14.5. The van der Waals surface area contributed by atoms with Gasteiger partial charge in [0.15, 0.2) is 11.5 Å². The molecule has 3 rings (SSSR count). The van der Waals surface area contributed by atoms with Crippen molar-refractivity contribution >= 4 is 40.8 Å². The van der Waals surface area contributed by atoms with Crippen LogP contribution in [-0.2, 0) is 15.6 Å². The predicted molar refractivity (Wildman–Crippen MR) is 88.1 cm³/mol. The van der Waals surface area contributed by atoms with E-state index in [1.54, 1.807) is 13.8 Å². The van der Waals surface area contributed by atoms with E-state index in [0.29, 0.717) is 0 Å². The van der Waals surface area contributed by atoms with Gasteiger partial charge in [0.05, 0.1) is 16.5 Å². The molecule has 0 bridgehead atoms. The van der Waals surface area contributed by atoms with E-state index >= 15 is 0 Å². The van der Waals surface area contributed by atoms with Gasteiger partial charge >= 0.3 is 12.1 Å². The Kier molecular flexibility index (Phi) is 4.58. The fraction of sp³-hybridized carbons (Fsp3) is 0.438. The minimum Gasteiger partial charge on any atom is -0.454 e. The van der Waals surface area contributed by atoms with E-state index in [1.165, 1.54) is 12.1 Å². The predicted octanol–water partition coefficient (Wildman–Crippen LogP) is 5.25. The Balaban J connectivity index is 1.81. The number of rotatable bonds is 4. The number of ether oxygens (including phenoxy) is 3. The van der Waals surface area contributed by atoms with Gasteiger partial charge in [0.1, 0.15) is 4.49 Å². The van der Waals surface area contributed by atoms with Crippen LogP contribution >= 0.6 is 34.8 Å². The lowest BCUT2D eigenvalue weighted by Gasteiger charge is -2.19. The van der Waals surface area contributed by atoms with Gasteiger partial charge in [-0.2, -0.15) is 8.78 Å². The highest BCUT2D eigenvalue weighted by Crippen LogP contribution is 2.60. The summed E-state index contributed by atoms with van der Waals surface area (Å²) in [5.41, 5.74) is -1.26. The highest BCUT2D eigenvalue weighted by molar-refractivity contribution is 6.55. The van der Waals surface area contributed by atoms with Gasteiger partial charge in [-0.25, -0.2) is 0 Å². The molecular formula is C16H13Cl3F2O4.